The summed E-state index contributed by atoms with van der Waals surface area (Å²) >= 11 is 0. The molecule has 0 saturated carbocycles. The molecule has 2 aromatic rings. The standard InChI is InChI=1S/C17H24N2O2/c1-4-14-9-10-17(21-14)16(11-18)19(2)12-13-5-7-15(20-3)8-6-13/h5-10,16H,4,11-12,18H2,1-3H3. The number of nitrogens with two attached hydrogens (primary N) is 1. The zero-order valence-corrected chi connectivity index (χ0v) is 13.0. The van der Waals surface area contributed by atoms with Crippen LogP contribution in [0.5, 0.6) is 5.75 Å². The quantitative estimate of drug-likeness (QED) is 0.851. The van der Waals surface area contributed by atoms with Crippen molar-refractivity contribution in [1.29, 1.82) is 0 Å². The molecule has 1 aromatic heterocycles. The van der Waals surface area contributed by atoms with Crippen molar-refractivity contribution in [3.05, 3.63) is 53.5 Å². The van der Waals surface area contributed by atoms with E-state index in [1.54, 1.807) is 7.11 Å². The molecule has 21 heavy (non-hydrogen) atoms. The lowest BCUT2D eigenvalue weighted by atomic mass is 10.1. The number of benzene rings is 1. The van der Waals surface area contributed by atoms with E-state index in [2.05, 4.69) is 31.0 Å². The van der Waals surface area contributed by atoms with E-state index in [0.29, 0.717) is 6.54 Å². The molecule has 0 fully saturated rings. The maximum absolute atomic E-state index is 5.93. The summed E-state index contributed by atoms with van der Waals surface area (Å²) in [6.45, 7) is 3.43. The molecular formula is C17H24N2O2. The molecule has 114 valence electrons. The van der Waals surface area contributed by atoms with Gasteiger partial charge in [0.05, 0.1) is 13.2 Å². The van der Waals surface area contributed by atoms with Crippen LogP contribution >= 0.6 is 0 Å². The second-order valence-electron chi connectivity index (χ2n) is 5.17. The summed E-state index contributed by atoms with van der Waals surface area (Å²) in [6, 6.07) is 12.2. The minimum absolute atomic E-state index is 0.0902. The Morgan fingerprint density at radius 2 is 1.90 bits per heavy atom. The number of ether oxygens (including phenoxy) is 1. The van der Waals surface area contributed by atoms with Crippen LogP contribution in [0.25, 0.3) is 0 Å². The van der Waals surface area contributed by atoms with Gasteiger partial charge in [-0.15, -0.1) is 0 Å². The number of hydrogen-bond donors (Lipinski definition) is 1. The topological polar surface area (TPSA) is 51.6 Å². The van der Waals surface area contributed by atoms with Crippen molar-refractivity contribution in [2.75, 3.05) is 20.7 Å². The van der Waals surface area contributed by atoms with Gasteiger partial charge in [0.2, 0.25) is 0 Å². The van der Waals surface area contributed by atoms with E-state index in [1.807, 2.05) is 24.3 Å². The molecule has 1 heterocycles. The van der Waals surface area contributed by atoms with Crippen molar-refractivity contribution in [2.45, 2.75) is 25.9 Å². The lowest BCUT2D eigenvalue weighted by Gasteiger charge is -2.25. The summed E-state index contributed by atoms with van der Waals surface area (Å²) < 4.78 is 11.0. The van der Waals surface area contributed by atoms with Crippen LogP contribution in [0.1, 0.15) is 30.0 Å². The number of aryl methyl sites for hydroxylation is 1. The normalized spacial score (nSPS) is 12.6. The van der Waals surface area contributed by atoms with Gasteiger partial charge in [-0.05, 0) is 36.9 Å². The van der Waals surface area contributed by atoms with Crippen molar-refractivity contribution in [3.8, 4) is 5.75 Å². The second-order valence-corrected chi connectivity index (χ2v) is 5.17. The Morgan fingerprint density at radius 3 is 2.43 bits per heavy atom. The third-order valence-electron chi connectivity index (χ3n) is 3.71. The van der Waals surface area contributed by atoms with Gasteiger partial charge in [-0.25, -0.2) is 0 Å². The van der Waals surface area contributed by atoms with Gasteiger partial charge >= 0.3 is 0 Å². The van der Waals surface area contributed by atoms with Gasteiger partial charge in [0.1, 0.15) is 17.3 Å². The SMILES string of the molecule is CCc1ccc(C(CN)N(C)Cc2ccc(OC)cc2)o1. The fraction of sp³-hybridized carbons (Fsp3) is 0.412. The van der Waals surface area contributed by atoms with E-state index in [4.69, 9.17) is 14.9 Å². The van der Waals surface area contributed by atoms with Crippen LogP contribution in [-0.4, -0.2) is 25.6 Å². The summed E-state index contributed by atoms with van der Waals surface area (Å²) in [4.78, 5) is 2.21. The first-order valence-corrected chi connectivity index (χ1v) is 7.29. The molecule has 0 aliphatic carbocycles. The highest BCUT2D eigenvalue weighted by Gasteiger charge is 2.19. The smallest absolute Gasteiger partial charge is 0.122 e. The lowest BCUT2D eigenvalue weighted by molar-refractivity contribution is 0.210. The fourth-order valence-corrected chi connectivity index (χ4v) is 2.41. The molecule has 2 N–H and O–H groups in total. The van der Waals surface area contributed by atoms with Crippen LogP contribution in [0.4, 0.5) is 0 Å². The van der Waals surface area contributed by atoms with Crippen LogP contribution in [0, 0.1) is 0 Å². The first kappa shape index (κ1) is 15.6. The maximum atomic E-state index is 5.93. The zero-order valence-electron chi connectivity index (χ0n) is 13.0. The molecule has 0 bridgehead atoms. The van der Waals surface area contributed by atoms with Crippen molar-refractivity contribution in [1.82, 2.24) is 4.90 Å². The number of methoxy groups -OCH3 is 1. The molecular weight excluding hydrogens is 264 g/mol. The number of rotatable bonds is 7. The fourth-order valence-electron chi connectivity index (χ4n) is 2.41. The minimum Gasteiger partial charge on any atom is -0.497 e. The number of likely N-dealkylation sites (N-methyl/N-ethyl adjacent to an activating group) is 1. The third kappa shape index (κ3) is 3.86. The highest BCUT2D eigenvalue weighted by atomic mass is 16.5. The summed E-state index contributed by atoms with van der Waals surface area (Å²) in [7, 11) is 3.74. The molecule has 1 atom stereocenters. The van der Waals surface area contributed by atoms with Crippen molar-refractivity contribution < 1.29 is 9.15 Å². The Bertz CT molecular complexity index is 548. The Hall–Kier alpha value is -1.78. The van der Waals surface area contributed by atoms with Gasteiger partial charge < -0.3 is 14.9 Å². The Kier molecular flexibility index (Phi) is 5.42. The molecule has 2 rings (SSSR count). The zero-order chi connectivity index (χ0) is 15.2. The molecule has 0 aliphatic rings. The molecule has 1 unspecified atom stereocenters. The second kappa shape index (κ2) is 7.29. The molecule has 0 spiro atoms. The van der Waals surface area contributed by atoms with E-state index < -0.39 is 0 Å². The van der Waals surface area contributed by atoms with Gasteiger partial charge in [-0.2, -0.15) is 0 Å². The molecule has 0 radical (unpaired) electrons. The van der Waals surface area contributed by atoms with Crippen LogP contribution in [-0.2, 0) is 13.0 Å². The molecule has 1 aromatic carbocycles. The van der Waals surface area contributed by atoms with Crippen molar-refractivity contribution in [3.63, 3.8) is 0 Å². The Morgan fingerprint density at radius 1 is 1.19 bits per heavy atom. The van der Waals surface area contributed by atoms with Crippen LogP contribution in [0.2, 0.25) is 0 Å². The summed E-state index contributed by atoms with van der Waals surface area (Å²) in [5.74, 6) is 2.81. The molecule has 0 aliphatic heterocycles. The van der Waals surface area contributed by atoms with Crippen molar-refractivity contribution in [2.24, 2.45) is 5.73 Å². The summed E-state index contributed by atoms with van der Waals surface area (Å²) in [5, 5.41) is 0. The number of furan rings is 1. The van der Waals surface area contributed by atoms with Crippen molar-refractivity contribution >= 4 is 0 Å². The van der Waals surface area contributed by atoms with Crippen LogP contribution in [0.3, 0.4) is 0 Å². The van der Waals surface area contributed by atoms with E-state index in [0.717, 1.165) is 30.2 Å². The molecule has 0 saturated heterocycles. The first-order valence-electron chi connectivity index (χ1n) is 7.29. The molecule has 4 heteroatoms. The van der Waals surface area contributed by atoms with E-state index >= 15 is 0 Å². The van der Waals surface area contributed by atoms with E-state index in [9.17, 15) is 0 Å². The first-order chi connectivity index (χ1) is 10.2. The van der Waals surface area contributed by atoms with Crippen LogP contribution in [0.15, 0.2) is 40.8 Å². The maximum Gasteiger partial charge on any atom is 0.122 e. The number of hydrogen-bond acceptors (Lipinski definition) is 4. The largest absolute Gasteiger partial charge is 0.497 e. The lowest BCUT2D eigenvalue weighted by Crippen LogP contribution is -2.29. The minimum atomic E-state index is 0.0902. The van der Waals surface area contributed by atoms with E-state index in [-0.39, 0.29) is 6.04 Å². The summed E-state index contributed by atoms with van der Waals surface area (Å²) in [5.41, 5.74) is 7.16. The third-order valence-corrected chi connectivity index (χ3v) is 3.71. The predicted molar refractivity (Wildman–Crippen MR) is 84.3 cm³/mol. The molecule has 0 amide bonds. The van der Waals surface area contributed by atoms with Gasteiger partial charge in [0, 0.05) is 19.5 Å². The van der Waals surface area contributed by atoms with Gasteiger partial charge in [0.15, 0.2) is 0 Å². The Labute approximate surface area is 126 Å². The summed E-state index contributed by atoms with van der Waals surface area (Å²) in [6.07, 6.45) is 0.902. The molecule has 4 nitrogen and oxygen atoms in total. The monoisotopic (exact) mass is 288 g/mol. The Balaban J connectivity index is 2.06. The average molecular weight is 288 g/mol. The van der Waals surface area contributed by atoms with E-state index in [1.165, 1.54) is 5.56 Å². The highest BCUT2D eigenvalue weighted by molar-refractivity contribution is 5.27. The van der Waals surface area contributed by atoms with Gasteiger partial charge in [-0.3, -0.25) is 4.90 Å². The average Bonchev–Trinajstić information content (AvgIpc) is 2.97. The predicted octanol–water partition coefficient (Wildman–Crippen LogP) is 2.98. The van der Waals surface area contributed by atoms with Crippen LogP contribution < -0.4 is 10.5 Å². The van der Waals surface area contributed by atoms with Gasteiger partial charge in [0.25, 0.3) is 0 Å². The number of nitrogens with zero attached hydrogens (tertiary/aromatic N) is 1. The van der Waals surface area contributed by atoms with Gasteiger partial charge in [-0.1, -0.05) is 19.1 Å². The highest BCUT2D eigenvalue weighted by Crippen LogP contribution is 2.23.